The Balaban J connectivity index is 2.30. The van der Waals surface area contributed by atoms with E-state index in [0.717, 1.165) is 18.7 Å². The Kier molecular flexibility index (Phi) is 7.58. The Hall–Kier alpha value is -1.68. The van der Waals surface area contributed by atoms with Gasteiger partial charge in [-0.2, -0.15) is 0 Å². The van der Waals surface area contributed by atoms with Gasteiger partial charge in [0.1, 0.15) is 0 Å². The SMILES string of the molecule is CCN(CC)C(=S)OCCC(=O)C=Cc1ccccc1. The van der Waals surface area contributed by atoms with Crippen LogP contribution in [0, 0.1) is 0 Å². The molecule has 20 heavy (non-hydrogen) atoms. The molecule has 0 unspecified atom stereocenters. The number of rotatable bonds is 7. The largest absolute Gasteiger partial charge is 0.470 e. The minimum atomic E-state index is 0.0381. The highest BCUT2D eigenvalue weighted by Gasteiger charge is 2.06. The lowest BCUT2D eigenvalue weighted by atomic mass is 10.2. The number of carbonyl (C=O) groups is 1. The van der Waals surface area contributed by atoms with E-state index in [1.807, 2.05) is 55.2 Å². The van der Waals surface area contributed by atoms with E-state index in [9.17, 15) is 4.79 Å². The zero-order valence-corrected chi connectivity index (χ0v) is 12.9. The number of carbonyl (C=O) groups excluding carboxylic acids is 1. The summed E-state index contributed by atoms with van der Waals surface area (Å²) < 4.78 is 5.41. The molecule has 0 aliphatic heterocycles. The van der Waals surface area contributed by atoms with Crippen LogP contribution in [0.2, 0.25) is 0 Å². The van der Waals surface area contributed by atoms with Crippen LogP contribution in [0.1, 0.15) is 25.8 Å². The summed E-state index contributed by atoms with van der Waals surface area (Å²) in [4.78, 5) is 13.6. The van der Waals surface area contributed by atoms with Gasteiger partial charge in [-0.25, -0.2) is 0 Å². The Morgan fingerprint density at radius 3 is 2.50 bits per heavy atom. The van der Waals surface area contributed by atoms with Crippen molar-refractivity contribution in [3.8, 4) is 0 Å². The van der Waals surface area contributed by atoms with Gasteiger partial charge < -0.3 is 9.64 Å². The second-order valence-electron chi connectivity index (χ2n) is 4.25. The van der Waals surface area contributed by atoms with Crippen molar-refractivity contribution in [1.29, 1.82) is 0 Å². The molecule has 1 aromatic rings. The number of hydrogen-bond acceptors (Lipinski definition) is 3. The van der Waals surface area contributed by atoms with Crippen molar-refractivity contribution in [2.45, 2.75) is 20.3 Å². The van der Waals surface area contributed by atoms with E-state index in [0.29, 0.717) is 18.2 Å². The molecule has 0 saturated heterocycles. The third kappa shape index (κ3) is 5.97. The molecule has 0 spiro atoms. The van der Waals surface area contributed by atoms with Crippen LogP contribution in [-0.2, 0) is 9.53 Å². The number of nitrogens with zero attached hydrogens (tertiary/aromatic N) is 1. The second-order valence-corrected chi connectivity index (χ2v) is 4.60. The topological polar surface area (TPSA) is 29.5 Å². The van der Waals surface area contributed by atoms with Crippen molar-refractivity contribution in [3.05, 3.63) is 42.0 Å². The van der Waals surface area contributed by atoms with Crippen LogP contribution in [0.5, 0.6) is 0 Å². The van der Waals surface area contributed by atoms with Crippen molar-refractivity contribution in [2.24, 2.45) is 0 Å². The predicted molar refractivity (Wildman–Crippen MR) is 86.6 cm³/mol. The lowest BCUT2D eigenvalue weighted by molar-refractivity contribution is -0.115. The molecule has 0 aromatic heterocycles. The average Bonchev–Trinajstić information content (AvgIpc) is 2.47. The predicted octanol–water partition coefficient (Wildman–Crippen LogP) is 3.30. The molecular weight excluding hydrogens is 270 g/mol. The summed E-state index contributed by atoms with van der Waals surface area (Å²) in [6.07, 6.45) is 3.73. The summed E-state index contributed by atoms with van der Waals surface area (Å²) in [5, 5.41) is 0.467. The molecular formula is C16H21NO2S. The van der Waals surface area contributed by atoms with Crippen LogP contribution in [0.4, 0.5) is 0 Å². The maximum atomic E-state index is 11.7. The highest BCUT2D eigenvalue weighted by atomic mass is 32.1. The fourth-order valence-electron chi connectivity index (χ4n) is 1.65. The van der Waals surface area contributed by atoms with Gasteiger partial charge in [0.25, 0.3) is 5.17 Å². The van der Waals surface area contributed by atoms with Gasteiger partial charge in [0, 0.05) is 19.5 Å². The smallest absolute Gasteiger partial charge is 0.259 e. The van der Waals surface area contributed by atoms with Gasteiger partial charge in [0.05, 0.1) is 6.61 Å². The average molecular weight is 291 g/mol. The van der Waals surface area contributed by atoms with E-state index in [4.69, 9.17) is 17.0 Å². The summed E-state index contributed by atoms with van der Waals surface area (Å²) in [7, 11) is 0. The van der Waals surface area contributed by atoms with Crippen molar-refractivity contribution in [3.63, 3.8) is 0 Å². The van der Waals surface area contributed by atoms with E-state index in [2.05, 4.69) is 0 Å². The quantitative estimate of drug-likeness (QED) is 0.569. The first-order valence-corrected chi connectivity index (χ1v) is 7.25. The Labute approximate surface area is 126 Å². The molecule has 0 heterocycles. The molecule has 0 bridgehead atoms. The third-order valence-electron chi connectivity index (χ3n) is 2.86. The van der Waals surface area contributed by atoms with Gasteiger partial charge in [-0.05, 0) is 37.7 Å². The standard InChI is InChI=1S/C16H21NO2S/c1-3-17(4-2)16(20)19-13-12-15(18)11-10-14-8-6-5-7-9-14/h5-11H,3-4,12-13H2,1-2H3. The summed E-state index contributed by atoms with van der Waals surface area (Å²) in [5.74, 6) is 0.0381. The zero-order chi connectivity index (χ0) is 14.8. The summed E-state index contributed by atoms with van der Waals surface area (Å²) in [5.41, 5.74) is 1.01. The van der Waals surface area contributed by atoms with E-state index in [1.165, 1.54) is 0 Å². The van der Waals surface area contributed by atoms with Crippen LogP contribution in [-0.4, -0.2) is 35.6 Å². The Morgan fingerprint density at radius 1 is 1.25 bits per heavy atom. The zero-order valence-electron chi connectivity index (χ0n) is 12.0. The molecule has 0 aliphatic rings. The molecule has 0 saturated carbocycles. The molecule has 3 nitrogen and oxygen atoms in total. The number of thiocarbonyl (C=S) groups is 1. The summed E-state index contributed by atoms with van der Waals surface area (Å²) in [6.45, 7) is 6.00. The molecule has 0 N–H and O–H groups in total. The highest BCUT2D eigenvalue weighted by Crippen LogP contribution is 2.02. The highest BCUT2D eigenvalue weighted by molar-refractivity contribution is 7.80. The van der Waals surface area contributed by atoms with E-state index in [-0.39, 0.29) is 5.78 Å². The monoisotopic (exact) mass is 291 g/mol. The lowest BCUT2D eigenvalue weighted by Crippen LogP contribution is -2.31. The second kappa shape index (κ2) is 9.26. The van der Waals surface area contributed by atoms with Crippen molar-refractivity contribution in [1.82, 2.24) is 4.90 Å². The van der Waals surface area contributed by atoms with Crippen molar-refractivity contribution < 1.29 is 9.53 Å². The van der Waals surface area contributed by atoms with Gasteiger partial charge in [-0.1, -0.05) is 36.4 Å². The number of benzene rings is 1. The summed E-state index contributed by atoms with van der Waals surface area (Å²) in [6, 6.07) is 9.73. The van der Waals surface area contributed by atoms with Crippen LogP contribution in [0.3, 0.4) is 0 Å². The van der Waals surface area contributed by atoms with Crippen molar-refractivity contribution in [2.75, 3.05) is 19.7 Å². The molecule has 0 aliphatic carbocycles. The maximum Gasteiger partial charge on any atom is 0.259 e. The van der Waals surface area contributed by atoms with Gasteiger partial charge in [0.2, 0.25) is 0 Å². The molecule has 4 heteroatoms. The maximum absolute atomic E-state index is 11.7. The Bertz CT molecular complexity index is 453. The minimum absolute atomic E-state index is 0.0381. The number of allylic oxidation sites excluding steroid dienone is 1. The molecule has 108 valence electrons. The van der Waals surface area contributed by atoms with Gasteiger partial charge in [0.15, 0.2) is 5.78 Å². The van der Waals surface area contributed by atoms with Crippen LogP contribution < -0.4 is 0 Å². The van der Waals surface area contributed by atoms with Gasteiger partial charge in [-0.15, -0.1) is 0 Å². The number of hydrogen-bond donors (Lipinski definition) is 0. The fraction of sp³-hybridized carbons (Fsp3) is 0.375. The van der Waals surface area contributed by atoms with Crippen molar-refractivity contribution >= 4 is 29.3 Å². The molecule has 0 radical (unpaired) electrons. The normalized spacial score (nSPS) is 10.5. The molecule has 1 aromatic carbocycles. The van der Waals surface area contributed by atoms with Gasteiger partial charge >= 0.3 is 0 Å². The Morgan fingerprint density at radius 2 is 1.90 bits per heavy atom. The molecule has 0 amide bonds. The minimum Gasteiger partial charge on any atom is -0.470 e. The number of ketones is 1. The van der Waals surface area contributed by atoms with E-state index < -0.39 is 0 Å². The van der Waals surface area contributed by atoms with Crippen LogP contribution >= 0.6 is 12.2 Å². The van der Waals surface area contributed by atoms with E-state index >= 15 is 0 Å². The number of ether oxygens (including phenoxy) is 1. The molecule has 0 atom stereocenters. The lowest BCUT2D eigenvalue weighted by Gasteiger charge is -2.20. The van der Waals surface area contributed by atoms with E-state index in [1.54, 1.807) is 6.08 Å². The fourth-order valence-corrected chi connectivity index (χ4v) is 1.99. The molecule has 0 fully saturated rings. The van der Waals surface area contributed by atoms with Gasteiger partial charge in [-0.3, -0.25) is 4.79 Å². The first-order valence-electron chi connectivity index (χ1n) is 6.85. The third-order valence-corrected chi connectivity index (χ3v) is 3.23. The first kappa shape index (κ1) is 16.4. The van der Waals surface area contributed by atoms with Crippen LogP contribution in [0.25, 0.3) is 6.08 Å². The molecule has 1 rings (SSSR count). The first-order chi connectivity index (χ1) is 9.67. The summed E-state index contributed by atoms with van der Waals surface area (Å²) >= 11 is 5.14. The van der Waals surface area contributed by atoms with Crippen LogP contribution in [0.15, 0.2) is 36.4 Å².